The summed E-state index contributed by atoms with van der Waals surface area (Å²) in [4.78, 5) is 0. The first-order chi connectivity index (χ1) is 9.90. The number of ether oxygens (including phenoxy) is 1. The van der Waals surface area contributed by atoms with Gasteiger partial charge in [-0.15, -0.1) is 4.72 Å². The fourth-order valence-electron chi connectivity index (χ4n) is 1.51. The van der Waals surface area contributed by atoms with Crippen LogP contribution in [0.1, 0.15) is 39.3 Å². The highest BCUT2D eigenvalue weighted by atomic mass is 35.5. The molecule has 0 saturated carbocycles. The number of hydrogen-bond donors (Lipinski definition) is 1. The normalized spacial score (nSPS) is 15.5. The molecule has 0 heterocycles. The zero-order valence-corrected chi connectivity index (χ0v) is 14.3. The quantitative estimate of drug-likeness (QED) is 0.795. The van der Waals surface area contributed by atoms with E-state index in [1.807, 2.05) is 20.8 Å². The van der Waals surface area contributed by atoms with E-state index in [1.54, 1.807) is 13.0 Å². The second-order valence-corrected chi connectivity index (χ2v) is 8.21. The van der Waals surface area contributed by atoms with Gasteiger partial charge in [-0.3, -0.25) is 0 Å². The first-order valence-electron chi connectivity index (χ1n) is 6.57. The summed E-state index contributed by atoms with van der Waals surface area (Å²) in [5.74, 6) is 0.0372. The largest absolute Gasteiger partial charge is 0.598 e. The van der Waals surface area contributed by atoms with Crippen molar-refractivity contribution in [3.8, 4) is 5.75 Å². The number of rotatable bonds is 5. The van der Waals surface area contributed by atoms with Crippen LogP contribution in [0.4, 0.5) is 13.2 Å². The SMILES string of the molecule is CC(N[S@+]([O-])C(C)(C)C)c1ccc(OCC(F)(F)F)cc1Cl. The maximum Gasteiger partial charge on any atom is 0.422 e. The Morgan fingerprint density at radius 2 is 1.91 bits per heavy atom. The van der Waals surface area contributed by atoms with Crippen molar-refractivity contribution < 1.29 is 22.5 Å². The Bertz CT molecular complexity index is 506. The highest BCUT2D eigenvalue weighted by Crippen LogP contribution is 2.29. The van der Waals surface area contributed by atoms with Gasteiger partial charge in [0.2, 0.25) is 0 Å². The second-order valence-electron chi connectivity index (χ2n) is 5.81. The van der Waals surface area contributed by atoms with Gasteiger partial charge in [-0.25, -0.2) is 0 Å². The first-order valence-corrected chi connectivity index (χ1v) is 8.10. The fraction of sp³-hybridized carbons (Fsp3) is 0.571. The Kier molecular flexibility index (Phi) is 6.44. The number of nitrogens with one attached hydrogen (secondary N) is 1. The highest BCUT2D eigenvalue weighted by Gasteiger charge is 2.30. The molecular weight excluding hydrogens is 339 g/mol. The van der Waals surface area contributed by atoms with Crippen LogP contribution < -0.4 is 9.46 Å². The molecule has 0 radical (unpaired) electrons. The molecule has 1 N–H and O–H groups in total. The standard InChI is InChI=1S/C14H19ClF3NO2S/c1-9(19-22(20)13(2,3)4)11-6-5-10(7-12(11)15)21-8-14(16,17)18/h5-7,9,19H,8H2,1-4H3/t9?,22-/m1/s1. The van der Waals surface area contributed by atoms with Gasteiger partial charge in [-0.2, -0.15) is 13.2 Å². The lowest BCUT2D eigenvalue weighted by Crippen LogP contribution is -2.40. The van der Waals surface area contributed by atoms with Crippen molar-refractivity contribution in [2.24, 2.45) is 0 Å². The van der Waals surface area contributed by atoms with E-state index in [9.17, 15) is 17.7 Å². The maximum absolute atomic E-state index is 12.1. The van der Waals surface area contributed by atoms with Crippen molar-refractivity contribution in [2.75, 3.05) is 6.61 Å². The number of hydrogen-bond acceptors (Lipinski definition) is 3. The monoisotopic (exact) mass is 357 g/mol. The highest BCUT2D eigenvalue weighted by molar-refractivity contribution is 7.90. The fourth-order valence-corrected chi connectivity index (χ4v) is 2.65. The van der Waals surface area contributed by atoms with Gasteiger partial charge in [0.25, 0.3) is 0 Å². The Hall–Kier alpha value is -0.630. The third kappa shape index (κ3) is 6.24. The molecule has 0 saturated heterocycles. The van der Waals surface area contributed by atoms with Crippen LogP contribution in [0.2, 0.25) is 5.02 Å². The molecule has 0 amide bonds. The van der Waals surface area contributed by atoms with Crippen molar-refractivity contribution in [1.29, 1.82) is 0 Å². The van der Waals surface area contributed by atoms with Crippen LogP contribution >= 0.6 is 11.6 Å². The van der Waals surface area contributed by atoms with Gasteiger partial charge in [0, 0.05) is 16.4 Å². The van der Waals surface area contributed by atoms with Crippen LogP contribution in [-0.4, -0.2) is 22.1 Å². The van der Waals surface area contributed by atoms with E-state index in [2.05, 4.69) is 9.46 Å². The van der Waals surface area contributed by atoms with E-state index in [1.165, 1.54) is 12.1 Å². The van der Waals surface area contributed by atoms with Gasteiger partial charge in [-0.05, 0) is 45.4 Å². The average molecular weight is 358 g/mol. The summed E-state index contributed by atoms with van der Waals surface area (Å²) in [6.45, 7) is 5.90. The maximum atomic E-state index is 12.1. The summed E-state index contributed by atoms with van der Waals surface area (Å²) in [6, 6.07) is 3.97. The van der Waals surface area contributed by atoms with E-state index in [0.29, 0.717) is 5.56 Å². The molecule has 0 aliphatic carbocycles. The molecule has 0 fully saturated rings. The van der Waals surface area contributed by atoms with E-state index in [0.717, 1.165) is 0 Å². The molecule has 126 valence electrons. The lowest BCUT2D eigenvalue weighted by Gasteiger charge is -2.27. The third-order valence-electron chi connectivity index (χ3n) is 2.68. The Labute approximate surface area is 136 Å². The van der Waals surface area contributed by atoms with Crippen LogP contribution in [0.5, 0.6) is 5.75 Å². The van der Waals surface area contributed by atoms with Gasteiger partial charge in [0.15, 0.2) is 6.61 Å². The number of benzene rings is 1. The van der Waals surface area contributed by atoms with Crippen molar-refractivity contribution >= 4 is 23.0 Å². The second kappa shape index (κ2) is 7.29. The first kappa shape index (κ1) is 19.4. The van der Waals surface area contributed by atoms with Gasteiger partial charge in [-0.1, -0.05) is 17.7 Å². The Balaban J connectivity index is 2.77. The number of halogens is 4. The van der Waals surface area contributed by atoms with E-state index in [-0.39, 0.29) is 16.8 Å². The molecule has 0 aromatic heterocycles. The molecule has 22 heavy (non-hydrogen) atoms. The molecule has 0 aliphatic heterocycles. The minimum atomic E-state index is -4.40. The predicted molar refractivity (Wildman–Crippen MR) is 82.4 cm³/mol. The van der Waals surface area contributed by atoms with Crippen LogP contribution in [0.15, 0.2) is 18.2 Å². The molecule has 0 aliphatic rings. The molecule has 1 aromatic rings. The van der Waals surface area contributed by atoms with Gasteiger partial charge in [0.05, 0.1) is 6.04 Å². The molecule has 0 bridgehead atoms. The van der Waals surface area contributed by atoms with Crippen LogP contribution in [0.3, 0.4) is 0 Å². The summed E-state index contributed by atoms with van der Waals surface area (Å²) < 4.78 is 55.5. The van der Waals surface area contributed by atoms with Crippen molar-refractivity contribution in [3.63, 3.8) is 0 Å². The summed E-state index contributed by atoms with van der Waals surface area (Å²) in [5.41, 5.74) is 0.638. The molecule has 2 atom stereocenters. The Morgan fingerprint density at radius 1 is 1.32 bits per heavy atom. The van der Waals surface area contributed by atoms with E-state index < -0.39 is 28.9 Å². The molecule has 3 nitrogen and oxygen atoms in total. The van der Waals surface area contributed by atoms with Crippen molar-refractivity contribution in [3.05, 3.63) is 28.8 Å². The lowest BCUT2D eigenvalue weighted by atomic mass is 10.1. The number of alkyl halides is 3. The minimum absolute atomic E-state index is 0.0372. The molecule has 1 unspecified atom stereocenters. The summed E-state index contributed by atoms with van der Waals surface area (Å²) >= 11 is 4.79. The average Bonchev–Trinajstić information content (AvgIpc) is 2.34. The topological polar surface area (TPSA) is 44.3 Å². The molecule has 1 rings (SSSR count). The predicted octanol–water partition coefficient (Wildman–Crippen LogP) is 4.39. The van der Waals surface area contributed by atoms with Gasteiger partial charge < -0.3 is 9.29 Å². The zero-order chi connectivity index (χ0) is 17.1. The van der Waals surface area contributed by atoms with Crippen LogP contribution in [0.25, 0.3) is 0 Å². The molecule has 8 heteroatoms. The van der Waals surface area contributed by atoms with Crippen molar-refractivity contribution in [1.82, 2.24) is 4.72 Å². The minimum Gasteiger partial charge on any atom is -0.598 e. The third-order valence-corrected chi connectivity index (χ3v) is 4.69. The Morgan fingerprint density at radius 3 is 2.36 bits per heavy atom. The summed E-state index contributed by atoms with van der Waals surface area (Å²) in [7, 11) is 0. The molecule has 0 spiro atoms. The van der Waals surface area contributed by atoms with Gasteiger partial charge >= 0.3 is 6.18 Å². The van der Waals surface area contributed by atoms with Gasteiger partial charge in [0.1, 0.15) is 10.5 Å². The summed E-state index contributed by atoms with van der Waals surface area (Å²) in [6.07, 6.45) is -4.40. The van der Waals surface area contributed by atoms with E-state index >= 15 is 0 Å². The molecule has 1 aromatic carbocycles. The van der Waals surface area contributed by atoms with Crippen molar-refractivity contribution in [2.45, 2.75) is 44.7 Å². The zero-order valence-electron chi connectivity index (χ0n) is 12.8. The van der Waals surface area contributed by atoms with Crippen LogP contribution in [-0.2, 0) is 11.4 Å². The smallest absolute Gasteiger partial charge is 0.422 e. The summed E-state index contributed by atoms with van der Waals surface area (Å²) in [5, 5.41) is 0.255. The van der Waals surface area contributed by atoms with Crippen LogP contribution in [0, 0.1) is 0 Å². The molecular formula is C14H19ClF3NO2S. The van der Waals surface area contributed by atoms with E-state index in [4.69, 9.17) is 11.6 Å². The lowest BCUT2D eigenvalue weighted by molar-refractivity contribution is -0.153.